The minimum atomic E-state index is -0.351. The smallest absolute Gasteiger partial charge is 0.337 e. The van der Waals surface area contributed by atoms with Crippen LogP contribution in [0.4, 0.5) is 0 Å². The number of carbonyl (C=O) groups excluding carboxylic acids is 1. The largest absolute Gasteiger partial charge is 0.465 e. The molecule has 0 heterocycles. The molecule has 5 nitrogen and oxygen atoms in total. The van der Waals surface area contributed by atoms with Crippen LogP contribution < -0.4 is 0 Å². The van der Waals surface area contributed by atoms with Gasteiger partial charge in [0, 0.05) is 6.21 Å². The number of hydrogen-bond acceptors (Lipinski definition) is 5. The van der Waals surface area contributed by atoms with Crippen LogP contribution in [0.15, 0.2) is 29.3 Å². The molecular formula is C13H17NO4. The molecule has 0 bridgehead atoms. The molecule has 0 spiro atoms. The standard InChI is InChI=1S/C13H17NO4/c1-17-13(16)12-4-2-11(3-5-12)10-14-6-8-18-9-7-15/h2-5,10,15H,6-9H2,1H3. The van der Waals surface area contributed by atoms with Gasteiger partial charge in [0.25, 0.3) is 0 Å². The summed E-state index contributed by atoms with van der Waals surface area (Å²) in [5.41, 5.74) is 1.42. The highest BCUT2D eigenvalue weighted by atomic mass is 16.5. The van der Waals surface area contributed by atoms with Crippen molar-refractivity contribution in [2.75, 3.05) is 33.5 Å². The Morgan fingerprint density at radius 2 is 2.06 bits per heavy atom. The van der Waals surface area contributed by atoms with E-state index in [0.29, 0.717) is 25.3 Å². The van der Waals surface area contributed by atoms with Gasteiger partial charge >= 0.3 is 5.97 Å². The second-order valence-electron chi connectivity index (χ2n) is 3.48. The summed E-state index contributed by atoms with van der Waals surface area (Å²) < 4.78 is 9.66. The molecule has 1 N–H and O–H groups in total. The summed E-state index contributed by atoms with van der Waals surface area (Å²) in [6, 6.07) is 6.97. The number of aliphatic hydroxyl groups is 1. The van der Waals surface area contributed by atoms with Gasteiger partial charge in [-0.05, 0) is 17.7 Å². The average Bonchev–Trinajstić information content (AvgIpc) is 2.42. The molecule has 0 fully saturated rings. The lowest BCUT2D eigenvalue weighted by molar-refractivity contribution is 0.0600. The van der Waals surface area contributed by atoms with E-state index in [1.807, 2.05) is 0 Å². The topological polar surface area (TPSA) is 68.1 Å². The van der Waals surface area contributed by atoms with Gasteiger partial charge in [-0.25, -0.2) is 4.79 Å². The van der Waals surface area contributed by atoms with Crippen LogP contribution >= 0.6 is 0 Å². The van der Waals surface area contributed by atoms with Gasteiger partial charge in [-0.1, -0.05) is 12.1 Å². The molecule has 1 aromatic carbocycles. The molecule has 0 atom stereocenters. The van der Waals surface area contributed by atoms with E-state index in [4.69, 9.17) is 9.84 Å². The lowest BCUT2D eigenvalue weighted by Crippen LogP contribution is -2.03. The Morgan fingerprint density at radius 3 is 2.67 bits per heavy atom. The minimum Gasteiger partial charge on any atom is -0.465 e. The van der Waals surface area contributed by atoms with Gasteiger partial charge < -0.3 is 14.6 Å². The van der Waals surface area contributed by atoms with Crippen molar-refractivity contribution >= 4 is 12.2 Å². The summed E-state index contributed by atoms with van der Waals surface area (Å²) >= 11 is 0. The molecule has 0 saturated heterocycles. The third kappa shape index (κ3) is 5.07. The monoisotopic (exact) mass is 251 g/mol. The summed E-state index contributed by atoms with van der Waals surface area (Å²) in [5, 5.41) is 8.49. The predicted molar refractivity (Wildman–Crippen MR) is 68.1 cm³/mol. The van der Waals surface area contributed by atoms with Crippen molar-refractivity contribution in [1.82, 2.24) is 0 Å². The van der Waals surface area contributed by atoms with Crippen molar-refractivity contribution in [3.63, 3.8) is 0 Å². The highest BCUT2D eigenvalue weighted by molar-refractivity contribution is 5.90. The zero-order valence-corrected chi connectivity index (χ0v) is 10.3. The number of hydrogen-bond donors (Lipinski definition) is 1. The molecule has 1 aromatic rings. The Labute approximate surface area is 106 Å². The van der Waals surface area contributed by atoms with Crippen molar-refractivity contribution in [3.05, 3.63) is 35.4 Å². The normalized spacial score (nSPS) is 10.8. The molecule has 0 radical (unpaired) electrons. The van der Waals surface area contributed by atoms with E-state index < -0.39 is 0 Å². The van der Waals surface area contributed by atoms with E-state index >= 15 is 0 Å². The van der Waals surface area contributed by atoms with Crippen LogP contribution in [0.1, 0.15) is 15.9 Å². The fourth-order valence-electron chi connectivity index (χ4n) is 1.28. The molecule has 0 amide bonds. The van der Waals surface area contributed by atoms with E-state index in [1.165, 1.54) is 7.11 Å². The number of aliphatic imine (C=N–C) groups is 1. The molecule has 0 aromatic heterocycles. The molecule has 0 aliphatic heterocycles. The number of methoxy groups -OCH3 is 1. The summed E-state index contributed by atoms with van der Waals surface area (Å²) in [7, 11) is 1.35. The molecular weight excluding hydrogens is 234 g/mol. The third-order valence-corrected chi connectivity index (χ3v) is 2.17. The summed E-state index contributed by atoms with van der Waals surface area (Å²) in [5.74, 6) is -0.351. The number of aliphatic hydroxyl groups excluding tert-OH is 1. The van der Waals surface area contributed by atoms with Crippen molar-refractivity contribution in [3.8, 4) is 0 Å². The molecule has 5 heteroatoms. The van der Waals surface area contributed by atoms with E-state index in [0.717, 1.165) is 5.56 Å². The SMILES string of the molecule is COC(=O)c1ccc(C=NCCOCCO)cc1. The molecule has 18 heavy (non-hydrogen) atoms. The lowest BCUT2D eigenvalue weighted by atomic mass is 10.1. The second-order valence-corrected chi connectivity index (χ2v) is 3.48. The Hall–Kier alpha value is -1.72. The molecule has 98 valence electrons. The third-order valence-electron chi connectivity index (χ3n) is 2.17. The fourth-order valence-corrected chi connectivity index (χ4v) is 1.28. The first-order valence-corrected chi connectivity index (χ1v) is 5.64. The quantitative estimate of drug-likeness (QED) is 0.444. The lowest BCUT2D eigenvalue weighted by Gasteiger charge is -1.99. The van der Waals surface area contributed by atoms with Crippen molar-refractivity contribution in [1.29, 1.82) is 0 Å². The van der Waals surface area contributed by atoms with E-state index in [2.05, 4.69) is 9.73 Å². The highest BCUT2D eigenvalue weighted by Crippen LogP contribution is 2.03. The maximum Gasteiger partial charge on any atom is 0.337 e. The maximum atomic E-state index is 11.2. The number of esters is 1. The Balaban J connectivity index is 2.38. The first-order chi connectivity index (χ1) is 8.77. The number of benzene rings is 1. The van der Waals surface area contributed by atoms with Crippen LogP contribution in [-0.2, 0) is 9.47 Å². The van der Waals surface area contributed by atoms with Crippen molar-refractivity contribution in [2.45, 2.75) is 0 Å². The maximum absolute atomic E-state index is 11.2. The molecule has 0 saturated carbocycles. The van der Waals surface area contributed by atoms with Gasteiger partial charge in [0.2, 0.25) is 0 Å². The van der Waals surface area contributed by atoms with Crippen LogP contribution in [0.5, 0.6) is 0 Å². The van der Waals surface area contributed by atoms with Crippen LogP contribution in [0.3, 0.4) is 0 Å². The Bertz CT molecular complexity index is 386. The zero-order chi connectivity index (χ0) is 13.2. The number of rotatable bonds is 7. The van der Waals surface area contributed by atoms with Crippen LogP contribution in [0.2, 0.25) is 0 Å². The van der Waals surface area contributed by atoms with Crippen LogP contribution in [0, 0.1) is 0 Å². The molecule has 0 aliphatic carbocycles. The Kier molecular flexibility index (Phi) is 6.68. The van der Waals surface area contributed by atoms with Gasteiger partial charge in [-0.3, -0.25) is 4.99 Å². The summed E-state index contributed by atoms with van der Waals surface area (Å²) in [6.45, 7) is 1.39. The van der Waals surface area contributed by atoms with E-state index in [-0.39, 0.29) is 12.6 Å². The first-order valence-electron chi connectivity index (χ1n) is 5.64. The van der Waals surface area contributed by atoms with Crippen molar-refractivity contribution in [2.24, 2.45) is 4.99 Å². The Morgan fingerprint density at radius 1 is 1.33 bits per heavy atom. The highest BCUT2D eigenvalue weighted by Gasteiger charge is 2.02. The van der Waals surface area contributed by atoms with E-state index in [1.54, 1.807) is 30.5 Å². The number of ether oxygens (including phenoxy) is 2. The minimum absolute atomic E-state index is 0.0265. The van der Waals surface area contributed by atoms with Crippen molar-refractivity contribution < 1.29 is 19.4 Å². The first kappa shape index (κ1) is 14.3. The van der Waals surface area contributed by atoms with Crippen LogP contribution in [0.25, 0.3) is 0 Å². The van der Waals surface area contributed by atoms with Gasteiger partial charge in [-0.15, -0.1) is 0 Å². The van der Waals surface area contributed by atoms with Gasteiger partial charge in [0.05, 0.1) is 39.0 Å². The predicted octanol–water partition coefficient (Wildman–Crippen LogP) is 0.901. The van der Waals surface area contributed by atoms with Gasteiger partial charge in [0.1, 0.15) is 0 Å². The van der Waals surface area contributed by atoms with Gasteiger partial charge in [-0.2, -0.15) is 0 Å². The molecule has 0 unspecified atom stereocenters. The molecule has 0 aliphatic rings. The average molecular weight is 251 g/mol. The zero-order valence-electron chi connectivity index (χ0n) is 10.3. The number of nitrogens with zero attached hydrogens (tertiary/aromatic N) is 1. The number of carbonyl (C=O) groups is 1. The fraction of sp³-hybridized carbons (Fsp3) is 0.385. The van der Waals surface area contributed by atoms with E-state index in [9.17, 15) is 4.79 Å². The summed E-state index contributed by atoms with van der Waals surface area (Å²) in [6.07, 6.45) is 1.71. The molecule has 1 rings (SSSR count). The second kappa shape index (κ2) is 8.38. The summed E-state index contributed by atoms with van der Waals surface area (Å²) in [4.78, 5) is 15.4. The van der Waals surface area contributed by atoms with Gasteiger partial charge in [0.15, 0.2) is 0 Å². The van der Waals surface area contributed by atoms with Crippen LogP contribution in [-0.4, -0.2) is 50.8 Å².